The molecule has 3 aromatic rings. The molecular formula is C33H39FO4. The summed E-state index contributed by atoms with van der Waals surface area (Å²) in [6, 6.07) is 17.6. The molecule has 3 rings (SSSR count). The van der Waals surface area contributed by atoms with Crippen molar-refractivity contribution in [2.45, 2.75) is 73.3 Å². The van der Waals surface area contributed by atoms with Crippen LogP contribution in [0.25, 0.3) is 11.1 Å². The number of Topliss-reactive ketones (excluding diaryl/α,β-unsaturated/α-hetero) is 1. The van der Waals surface area contributed by atoms with Crippen molar-refractivity contribution in [2.75, 3.05) is 6.61 Å². The maximum Gasteiger partial charge on any atom is 0.293 e. The lowest BCUT2D eigenvalue weighted by atomic mass is 9.69. The summed E-state index contributed by atoms with van der Waals surface area (Å²) in [6.07, 6.45) is 1.81. The van der Waals surface area contributed by atoms with E-state index in [0.717, 1.165) is 40.8 Å². The lowest BCUT2D eigenvalue weighted by Crippen LogP contribution is -2.27. The molecule has 0 N–H and O–H groups in total. The third kappa shape index (κ3) is 6.15. The van der Waals surface area contributed by atoms with Crippen molar-refractivity contribution in [1.82, 2.24) is 0 Å². The molecule has 202 valence electrons. The zero-order valence-corrected chi connectivity index (χ0v) is 23.6. The van der Waals surface area contributed by atoms with Gasteiger partial charge in [-0.1, -0.05) is 77.1 Å². The Morgan fingerprint density at radius 2 is 1.53 bits per heavy atom. The number of halogens is 1. The van der Waals surface area contributed by atoms with Crippen LogP contribution in [-0.4, -0.2) is 18.9 Å². The van der Waals surface area contributed by atoms with Crippen LogP contribution in [0.3, 0.4) is 0 Å². The van der Waals surface area contributed by atoms with Crippen molar-refractivity contribution in [3.63, 3.8) is 0 Å². The molecule has 0 heterocycles. The average molecular weight is 519 g/mol. The summed E-state index contributed by atoms with van der Waals surface area (Å²) in [4.78, 5) is 22.8. The summed E-state index contributed by atoms with van der Waals surface area (Å²) in [5, 5.41) is 0. The van der Waals surface area contributed by atoms with Gasteiger partial charge in [0.15, 0.2) is 5.78 Å². The summed E-state index contributed by atoms with van der Waals surface area (Å²) in [6.45, 7) is 14.4. The Morgan fingerprint density at radius 1 is 0.895 bits per heavy atom. The highest BCUT2D eigenvalue weighted by atomic mass is 19.1. The number of carbonyl (C=O) groups is 2. The van der Waals surface area contributed by atoms with Crippen molar-refractivity contribution >= 4 is 12.3 Å². The van der Waals surface area contributed by atoms with Gasteiger partial charge < -0.3 is 9.47 Å². The summed E-state index contributed by atoms with van der Waals surface area (Å²) in [5.41, 5.74) is 5.91. The van der Waals surface area contributed by atoms with Gasteiger partial charge in [-0.25, -0.2) is 4.39 Å². The van der Waals surface area contributed by atoms with Gasteiger partial charge in [-0.15, -0.1) is 0 Å². The van der Waals surface area contributed by atoms with E-state index in [9.17, 15) is 14.0 Å². The molecule has 0 radical (unpaired) electrons. The fourth-order valence-electron chi connectivity index (χ4n) is 4.94. The van der Waals surface area contributed by atoms with Crippen molar-refractivity contribution in [3.8, 4) is 16.9 Å². The SMILES string of the molecule is CCC(CC)(c1ccc(OCC(=O)C(C)(C)C)c(C)c1)c1ccc(-c2ccc(COC=O)c(F)c2)c(C)c1. The molecule has 0 spiro atoms. The number of ketones is 1. The molecule has 0 saturated carbocycles. The number of hydrogen-bond donors (Lipinski definition) is 0. The van der Waals surface area contributed by atoms with Crippen molar-refractivity contribution in [2.24, 2.45) is 5.41 Å². The molecule has 0 aliphatic rings. The van der Waals surface area contributed by atoms with Crippen LogP contribution in [-0.2, 0) is 26.3 Å². The number of ether oxygens (including phenoxy) is 2. The Bertz CT molecular complexity index is 1300. The molecule has 5 heteroatoms. The van der Waals surface area contributed by atoms with Gasteiger partial charge in [0.2, 0.25) is 0 Å². The van der Waals surface area contributed by atoms with Gasteiger partial charge in [-0.3, -0.25) is 9.59 Å². The highest BCUT2D eigenvalue weighted by Crippen LogP contribution is 2.42. The molecule has 0 bridgehead atoms. The summed E-state index contributed by atoms with van der Waals surface area (Å²) >= 11 is 0. The van der Waals surface area contributed by atoms with Gasteiger partial charge in [0.25, 0.3) is 6.47 Å². The molecule has 4 nitrogen and oxygen atoms in total. The van der Waals surface area contributed by atoms with Gasteiger partial charge in [0, 0.05) is 16.4 Å². The van der Waals surface area contributed by atoms with E-state index in [0.29, 0.717) is 12.0 Å². The van der Waals surface area contributed by atoms with Crippen molar-refractivity contribution in [1.29, 1.82) is 0 Å². The summed E-state index contributed by atoms with van der Waals surface area (Å²) in [7, 11) is 0. The minimum Gasteiger partial charge on any atom is -0.486 e. The topological polar surface area (TPSA) is 52.6 Å². The molecule has 3 aromatic carbocycles. The van der Waals surface area contributed by atoms with Crippen LogP contribution in [0.2, 0.25) is 0 Å². The largest absolute Gasteiger partial charge is 0.486 e. The first-order chi connectivity index (χ1) is 18.0. The van der Waals surface area contributed by atoms with Crippen LogP contribution in [0.4, 0.5) is 4.39 Å². The van der Waals surface area contributed by atoms with Gasteiger partial charge in [-0.05, 0) is 72.2 Å². The first-order valence-corrected chi connectivity index (χ1v) is 13.2. The van der Waals surface area contributed by atoms with Gasteiger partial charge in [0.1, 0.15) is 24.8 Å². The predicted octanol–water partition coefficient (Wildman–Crippen LogP) is 7.88. The van der Waals surface area contributed by atoms with Crippen LogP contribution in [0.1, 0.15) is 75.3 Å². The summed E-state index contributed by atoms with van der Waals surface area (Å²) in [5.74, 6) is 0.395. The summed E-state index contributed by atoms with van der Waals surface area (Å²) < 4.78 is 25.2. The number of rotatable bonds is 11. The minimum atomic E-state index is -0.434. The molecule has 0 aliphatic carbocycles. The lowest BCUT2D eigenvalue weighted by molar-refractivity contribution is -0.130. The molecule has 38 heavy (non-hydrogen) atoms. The van der Waals surface area contributed by atoms with E-state index in [4.69, 9.17) is 9.47 Å². The molecule has 0 unspecified atom stereocenters. The fraction of sp³-hybridized carbons (Fsp3) is 0.394. The molecule has 0 atom stereocenters. The normalized spacial score (nSPS) is 11.8. The van der Waals surface area contributed by atoms with Crippen LogP contribution in [0.5, 0.6) is 5.75 Å². The number of hydrogen-bond acceptors (Lipinski definition) is 4. The number of aryl methyl sites for hydroxylation is 2. The standard InChI is InChI=1S/C33H39FO4/c1-8-33(9-2,27-13-15-30(23(4)17-27)38-20-31(36)32(5,6)7)26-12-14-28(22(3)16-26)24-10-11-25(19-37-21-35)29(34)18-24/h10-18,21H,8-9,19-20H2,1-7H3. The molecule has 0 saturated heterocycles. The average Bonchev–Trinajstić information content (AvgIpc) is 2.88. The lowest BCUT2D eigenvalue weighted by Gasteiger charge is -2.34. The fourth-order valence-corrected chi connectivity index (χ4v) is 4.94. The molecule has 0 fully saturated rings. The predicted molar refractivity (Wildman–Crippen MR) is 150 cm³/mol. The van der Waals surface area contributed by atoms with Crippen molar-refractivity contribution in [3.05, 3.63) is 88.2 Å². The Hall–Kier alpha value is -3.47. The first-order valence-electron chi connectivity index (χ1n) is 13.2. The molecule has 0 amide bonds. The van der Waals surface area contributed by atoms with E-state index >= 15 is 0 Å². The van der Waals surface area contributed by atoms with Gasteiger partial charge in [-0.2, -0.15) is 0 Å². The third-order valence-corrected chi connectivity index (χ3v) is 7.58. The quantitative estimate of drug-likeness (QED) is 0.242. The minimum absolute atomic E-state index is 0.0583. The van der Waals surface area contributed by atoms with E-state index in [-0.39, 0.29) is 24.4 Å². The zero-order chi connectivity index (χ0) is 28.1. The van der Waals surface area contributed by atoms with Crippen LogP contribution in [0, 0.1) is 25.1 Å². The second-order valence-electron chi connectivity index (χ2n) is 11.0. The second-order valence-corrected chi connectivity index (χ2v) is 11.0. The highest BCUT2D eigenvalue weighted by Gasteiger charge is 2.32. The van der Waals surface area contributed by atoms with E-state index < -0.39 is 11.2 Å². The van der Waals surface area contributed by atoms with E-state index in [2.05, 4.69) is 44.2 Å². The third-order valence-electron chi connectivity index (χ3n) is 7.58. The second kappa shape index (κ2) is 11.9. The van der Waals surface area contributed by atoms with E-state index in [1.807, 2.05) is 46.8 Å². The van der Waals surface area contributed by atoms with E-state index in [1.165, 1.54) is 17.2 Å². The van der Waals surface area contributed by atoms with Crippen molar-refractivity contribution < 1.29 is 23.5 Å². The first kappa shape index (κ1) is 29.1. The molecular weight excluding hydrogens is 479 g/mol. The van der Waals surface area contributed by atoms with Gasteiger partial charge >= 0.3 is 0 Å². The Balaban J connectivity index is 1.93. The monoisotopic (exact) mass is 518 g/mol. The smallest absolute Gasteiger partial charge is 0.293 e. The zero-order valence-electron chi connectivity index (χ0n) is 23.6. The number of benzene rings is 3. The van der Waals surface area contributed by atoms with Crippen LogP contribution in [0.15, 0.2) is 54.6 Å². The molecule has 0 aliphatic heterocycles. The number of carbonyl (C=O) groups excluding carboxylic acids is 2. The van der Waals surface area contributed by atoms with E-state index in [1.54, 1.807) is 6.07 Å². The van der Waals surface area contributed by atoms with Gasteiger partial charge in [0.05, 0.1) is 0 Å². The Morgan fingerprint density at radius 3 is 2.05 bits per heavy atom. The molecule has 0 aromatic heterocycles. The highest BCUT2D eigenvalue weighted by molar-refractivity contribution is 5.85. The van der Waals surface area contributed by atoms with Crippen LogP contribution >= 0.6 is 0 Å². The Kier molecular flexibility index (Phi) is 9.14. The Labute approximate surface area is 226 Å². The maximum absolute atomic E-state index is 14.6. The maximum atomic E-state index is 14.6. The van der Waals surface area contributed by atoms with Crippen LogP contribution < -0.4 is 4.74 Å².